The van der Waals surface area contributed by atoms with Crippen LogP contribution in [0.1, 0.15) is 20.8 Å². The number of nitrogens with two attached hydrogens (primary N) is 1. The highest BCUT2D eigenvalue weighted by Crippen LogP contribution is 2.17. The molecule has 3 N–H and O–H groups in total. The molecule has 0 aromatic heterocycles. The molecular formula is C16H22N2O6. The maximum absolute atomic E-state index is 11.8. The van der Waals surface area contributed by atoms with Crippen molar-refractivity contribution in [2.24, 2.45) is 11.7 Å². The van der Waals surface area contributed by atoms with Gasteiger partial charge in [-0.25, -0.2) is 9.59 Å². The second kappa shape index (κ2) is 9.39. The fourth-order valence-corrected chi connectivity index (χ4v) is 1.80. The van der Waals surface area contributed by atoms with E-state index in [0.29, 0.717) is 18.1 Å². The van der Waals surface area contributed by atoms with E-state index < -0.39 is 24.0 Å². The molecule has 0 unspecified atom stereocenters. The summed E-state index contributed by atoms with van der Waals surface area (Å²) in [5.74, 6) is -0.693. The summed E-state index contributed by atoms with van der Waals surface area (Å²) in [5, 5.41) is 1.89. The van der Waals surface area contributed by atoms with Gasteiger partial charge in [0, 0.05) is 0 Å². The number of benzene rings is 1. The lowest BCUT2D eigenvalue weighted by molar-refractivity contribution is -0.160. The van der Waals surface area contributed by atoms with Crippen LogP contribution >= 0.6 is 0 Å². The van der Waals surface area contributed by atoms with Crippen LogP contribution in [-0.4, -0.2) is 37.2 Å². The van der Waals surface area contributed by atoms with Crippen LogP contribution in [0.5, 0.6) is 11.5 Å². The summed E-state index contributed by atoms with van der Waals surface area (Å²) >= 11 is 0. The van der Waals surface area contributed by atoms with E-state index in [1.54, 1.807) is 38.1 Å². The Balaban J connectivity index is 2.53. The molecule has 0 saturated carbocycles. The smallest absolute Gasteiger partial charge is 0.344 e. The van der Waals surface area contributed by atoms with E-state index in [4.69, 9.17) is 19.9 Å². The van der Waals surface area contributed by atoms with Gasteiger partial charge < -0.3 is 19.9 Å². The number of primary amides is 1. The molecule has 132 valence electrons. The van der Waals surface area contributed by atoms with E-state index in [-0.39, 0.29) is 12.5 Å². The van der Waals surface area contributed by atoms with Crippen LogP contribution in [0.3, 0.4) is 0 Å². The maximum Gasteiger partial charge on any atom is 0.344 e. The Bertz CT molecular complexity index is 570. The third kappa shape index (κ3) is 6.55. The van der Waals surface area contributed by atoms with Crippen molar-refractivity contribution in [1.82, 2.24) is 5.32 Å². The second-order valence-electron chi connectivity index (χ2n) is 5.20. The molecule has 8 nitrogen and oxygen atoms in total. The SMILES string of the molecule is CCOc1ccc(OCC(=O)O[C@H](C(=O)NC(N)=O)C(C)C)cc1. The molecule has 1 aromatic carbocycles. The number of rotatable bonds is 8. The van der Waals surface area contributed by atoms with Crippen LogP contribution < -0.4 is 20.5 Å². The maximum atomic E-state index is 11.8. The van der Waals surface area contributed by atoms with Gasteiger partial charge in [0.15, 0.2) is 12.7 Å². The van der Waals surface area contributed by atoms with Gasteiger partial charge >= 0.3 is 12.0 Å². The zero-order valence-electron chi connectivity index (χ0n) is 13.9. The lowest BCUT2D eigenvalue weighted by Gasteiger charge is -2.19. The molecule has 0 fully saturated rings. The lowest BCUT2D eigenvalue weighted by atomic mass is 10.1. The average Bonchev–Trinajstić information content (AvgIpc) is 2.51. The molecule has 1 aromatic rings. The molecule has 1 rings (SSSR count). The summed E-state index contributed by atoms with van der Waals surface area (Å²) in [5.41, 5.74) is 4.88. The number of ether oxygens (including phenoxy) is 3. The molecule has 0 spiro atoms. The van der Waals surface area contributed by atoms with Crippen molar-refractivity contribution >= 4 is 17.9 Å². The predicted molar refractivity (Wildman–Crippen MR) is 85.6 cm³/mol. The number of urea groups is 1. The van der Waals surface area contributed by atoms with Crippen molar-refractivity contribution < 1.29 is 28.6 Å². The summed E-state index contributed by atoms with van der Waals surface area (Å²) in [7, 11) is 0. The van der Waals surface area contributed by atoms with Gasteiger partial charge in [0.25, 0.3) is 5.91 Å². The number of hydrogen-bond donors (Lipinski definition) is 2. The van der Waals surface area contributed by atoms with Crippen molar-refractivity contribution in [3.63, 3.8) is 0 Å². The second-order valence-corrected chi connectivity index (χ2v) is 5.20. The molecule has 1 atom stereocenters. The first kappa shape index (κ1) is 19.3. The van der Waals surface area contributed by atoms with Crippen molar-refractivity contribution in [1.29, 1.82) is 0 Å². The van der Waals surface area contributed by atoms with Gasteiger partial charge in [-0.15, -0.1) is 0 Å². The fourth-order valence-electron chi connectivity index (χ4n) is 1.80. The Morgan fingerprint density at radius 1 is 1.08 bits per heavy atom. The minimum absolute atomic E-state index is 0.334. The van der Waals surface area contributed by atoms with Gasteiger partial charge in [-0.1, -0.05) is 13.8 Å². The van der Waals surface area contributed by atoms with Crippen LogP contribution in [0.2, 0.25) is 0 Å². The zero-order valence-corrected chi connectivity index (χ0v) is 13.9. The minimum Gasteiger partial charge on any atom is -0.494 e. The lowest BCUT2D eigenvalue weighted by Crippen LogP contribution is -2.46. The molecular weight excluding hydrogens is 316 g/mol. The number of carbonyl (C=O) groups excluding carboxylic acids is 3. The van der Waals surface area contributed by atoms with Crippen molar-refractivity contribution in [2.75, 3.05) is 13.2 Å². The third-order valence-electron chi connectivity index (χ3n) is 2.86. The molecule has 0 bridgehead atoms. The van der Waals surface area contributed by atoms with Crippen molar-refractivity contribution in [3.05, 3.63) is 24.3 Å². The Morgan fingerprint density at radius 2 is 1.62 bits per heavy atom. The van der Waals surface area contributed by atoms with Crippen molar-refractivity contribution in [3.8, 4) is 11.5 Å². The highest BCUT2D eigenvalue weighted by atomic mass is 16.6. The van der Waals surface area contributed by atoms with Crippen LogP contribution in [0.25, 0.3) is 0 Å². The number of carbonyl (C=O) groups is 3. The summed E-state index contributed by atoms with van der Waals surface area (Å²) in [6.07, 6.45) is -1.13. The van der Waals surface area contributed by atoms with E-state index in [9.17, 15) is 14.4 Å². The minimum atomic E-state index is -1.13. The normalized spacial score (nSPS) is 11.5. The number of nitrogens with one attached hydrogen (secondary N) is 1. The van der Waals surface area contributed by atoms with Crippen LogP contribution in [-0.2, 0) is 14.3 Å². The van der Waals surface area contributed by atoms with Gasteiger partial charge in [0.1, 0.15) is 11.5 Å². The Morgan fingerprint density at radius 3 is 2.08 bits per heavy atom. The first-order chi connectivity index (χ1) is 11.3. The van der Waals surface area contributed by atoms with Gasteiger partial charge in [0.05, 0.1) is 6.61 Å². The number of amides is 3. The van der Waals surface area contributed by atoms with E-state index in [2.05, 4.69) is 0 Å². The first-order valence-corrected chi connectivity index (χ1v) is 7.49. The molecule has 0 aliphatic rings. The summed E-state index contributed by atoms with van der Waals surface area (Å²) in [4.78, 5) is 34.3. The molecule has 0 saturated heterocycles. The van der Waals surface area contributed by atoms with Crippen molar-refractivity contribution in [2.45, 2.75) is 26.9 Å². The molecule has 0 aliphatic carbocycles. The number of hydrogen-bond acceptors (Lipinski definition) is 6. The van der Waals surface area contributed by atoms with Gasteiger partial charge in [-0.3, -0.25) is 10.1 Å². The monoisotopic (exact) mass is 338 g/mol. The summed E-state index contributed by atoms with van der Waals surface area (Å²) < 4.78 is 15.6. The number of imide groups is 1. The van der Waals surface area contributed by atoms with Crippen LogP contribution in [0.4, 0.5) is 4.79 Å². The van der Waals surface area contributed by atoms with Gasteiger partial charge in [-0.05, 0) is 37.1 Å². The quantitative estimate of drug-likeness (QED) is 0.688. The zero-order chi connectivity index (χ0) is 18.1. The standard InChI is InChI=1S/C16H22N2O6/c1-4-22-11-5-7-12(8-6-11)23-9-13(19)24-14(10(2)3)15(20)18-16(17)21/h5-8,10,14H,4,9H2,1-3H3,(H3,17,18,20,21)/t14-/m0/s1. The largest absolute Gasteiger partial charge is 0.494 e. The summed E-state index contributed by atoms with van der Waals surface area (Å²) in [6.45, 7) is 5.40. The Labute approximate surface area is 140 Å². The molecule has 0 radical (unpaired) electrons. The predicted octanol–water partition coefficient (Wildman–Crippen LogP) is 1.23. The highest BCUT2D eigenvalue weighted by Gasteiger charge is 2.27. The van der Waals surface area contributed by atoms with Crippen LogP contribution in [0, 0.1) is 5.92 Å². The van der Waals surface area contributed by atoms with E-state index >= 15 is 0 Å². The highest BCUT2D eigenvalue weighted by molar-refractivity contribution is 5.96. The van der Waals surface area contributed by atoms with Gasteiger partial charge in [-0.2, -0.15) is 0 Å². The fraction of sp³-hybridized carbons (Fsp3) is 0.438. The van der Waals surface area contributed by atoms with E-state index in [0.717, 1.165) is 0 Å². The first-order valence-electron chi connectivity index (χ1n) is 7.49. The van der Waals surface area contributed by atoms with E-state index in [1.807, 2.05) is 12.2 Å². The van der Waals surface area contributed by atoms with E-state index in [1.165, 1.54) is 0 Å². The summed E-state index contributed by atoms with van der Waals surface area (Å²) in [6, 6.07) is 5.71. The third-order valence-corrected chi connectivity index (χ3v) is 2.86. The molecule has 0 heterocycles. The van der Waals surface area contributed by atoms with Gasteiger partial charge in [0.2, 0.25) is 0 Å². The molecule has 24 heavy (non-hydrogen) atoms. The molecule has 8 heteroatoms. The Kier molecular flexibility index (Phi) is 7.54. The Hall–Kier alpha value is -2.77. The number of esters is 1. The topological polar surface area (TPSA) is 117 Å². The van der Waals surface area contributed by atoms with Crippen LogP contribution in [0.15, 0.2) is 24.3 Å². The average molecular weight is 338 g/mol. The molecule has 0 aliphatic heterocycles. The molecule has 3 amide bonds.